The molecule has 1 saturated heterocycles. The largest absolute Gasteiger partial charge is 0.493 e. The molecule has 1 aliphatic heterocycles. The van der Waals surface area contributed by atoms with Crippen molar-refractivity contribution in [1.29, 1.82) is 0 Å². The van der Waals surface area contributed by atoms with Crippen molar-refractivity contribution in [3.05, 3.63) is 24.3 Å². The molecule has 1 aliphatic rings. The van der Waals surface area contributed by atoms with Crippen LogP contribution < -0.4 is 9.47 Å². The van der Waals surface area contributed by atoms with E-state index in [0.717, 1.165) is 25.9 Å². The van der Waals surface area contributed by atoms with Gasteiger partial charge in [-0.2, -0.15) is 0 Å². The first-order valence-corrected chi connectivity index (χ1v) is 6.31. The number of nitrogens with zero attached hydrogens (tertiary/aromatic N) is 1. The standard InChI is InChI=1S/C14H19NO3/c1-11(14(16)15-9-5-6-10-15)18-13-8-4-3-7-12(13)17-2/h3-4,7-8,11H,5-6,9-10H2,1-2H3/t11-/m0/s1. The van der Waals surface area contributed by atoms with Crippen LogP contribution in [0, 0.1) is 0 Å². The van der Waals surface area contributed by atoms with Crippen molar-refractivity contribution >= 4 is 5.91 Å². The summed E-state index contributed by atoms with van der Waals surface area (Å²) in [6, 6.07) is 7.37. The van der Waals surface area contributed by atoms with E-state index in [1.54, 1.807) is 14.0 Å². The average molecular weight is 249 g/mol. The lowest BCUT2D eigenvalue weighted by Gasteiger charge is -2.21. The molecule has 1 aromatic carbocycles. The van der Waals surface area contributed by atoms with Gasteiger partial charge in [0.05, 0.1) is 7.11 Å². The second-order valence-corrected chi connectivity index (χ2v) is 4.44. The van der Waals surface area contributed by atoms with Crippen molar-refractivity contribution in [2.45, 2.75) is 25.9 Å². The summed E-state index contributed by atoms with van der Waals surface area (Å²) in [6.07, 6.45) is 1.71. The summed E-state index contributed by atoms with van der Waals surface area (Å²) < 4.78 is 10.9. The van der Waals surface area contributed by atoms with Crippen molar-refractivity contribution in [2.24, 2.45) is 0 Å². The SMILES string of the molecule is COc1ccccc1O[C@@H](C)C(=O)N1CCCC1. The quantitative estimate of drug-likeness (QED) is 0.820. The topological polar surface area (TPSA) is 38.8 Å². The molecule has 0 unspecified atom stereocenters. The monoisotopic (exact) mass is 249 g/mol. The highest BCUT2D eigenvalue weighted by Gasteiger charge is 2.25. The smallest absolute Gasteiger partial charge is 0.263 e. The number of rotatable bonds is 4. The summed E-state index contributed by atoms with van der Waals surface area (Å²) in [7, 11) is 1.59. The van der Waals surface area contributed by atoms with Gasteiger partial charge in [0.2, 0.25) is 0 Å². The summed E-state index contributed by atoms with van der Waals surface area (Å²) in [6.45, 7) is 3.48. The molecule has 18 heavy (non-hydrogen) atoms. The summed E-state index contributed by atoms with van der Waals surface area (Å²) in [5.74, 6) is 1.32. The van der Waals surface area contributed by atoms with E-state index < -0.39 is 6.10 Å². The fourth-order valence-electron chi connectivity index (χ4n) is 2.15. The van der Waals surface area contributed by atoms with Gasteiger partial charge in [0.25, 0.3) is 5.91 Å². The zero-order valence-electron chi connectivity index (χ0n) is 10.9. The lowest BCUT2D eigenvalue weighted by molar-refractivity contribution is -0.136. The molecular weight excluding hydrogens is 230 g/mol. The van der Waals surface area contributed by atoms with Gasteiger partial charge in [-0.05, 0) is 31.9 Å². The van der Waals surface area contributed by atoms with E-state index >= 15 is 0 Å². The molecule has 4 heteroatoms. The Morgan fingerprint density at radius 3 is 2.44 bits per heavy atom. The number of methoxy groups -OCH3 is 1. The Balaban J connectivity index is 2.01. The molecule has 0 spiro atoms. The van der Waals surface area contributed by atoms with Crippen LogP contribution >= 0.6 is 0 Å². The van der Waals surface area contributed by atoms with Gasteiger partial charge in [-0.25, -0.2) is 0 Å². The van der Waals surface area contributed by atoms with E-state index in [9.17, 15) is 4.79 Å². The van der Waals surface area contributed by atoms with E-state index in [2.05, 4.69) is 0 Å². The highest BCUT2D eigenvalue weighted by molar-refractivity contribution is 5.81. The summed E-state index contributed by atoms with van der Waals surface area (Å²) >= 11 is 0. The first-order valence-electron chi connectivity index (χ1n) is 6.31. The van der Waals surface area contributed by atoms with Gasteiger partial charge in [-0.1, -0.05) is 12.1 Å². The first kappa shape index (κ1) is 12.7. The molecule has 0 saturated carbocycles. The molecule has 1 aromatic rings. The Labute approximate surface area is 107 Å². The van der Waals surface area contributed by atoms with E-state index in [-0.39, 0.29) is 5.91 Å². The number of hydrogen-bond acceptors (Lipinski definition) is 3. The molecule has 0 radical (unpaired) electrons. The van der Waals surface area contributed by atoms with E-state index in [0.29, 0.717) is 11.5 Å². The first-order chi connectivity index (χ1) is 8.72. The Morgan fingerprint density at radius 2 is 1.83 bits per heavy atom. The van der Waals surface area contributed by atoms with Crippen molar-refractivity contribution < 1.29 is 14.3 Å². The Bertz CT molecular complexity index is 413. The van der Waals surface area contributed by atoms with Crippen LogP contribution in [0.3, 0.4) is 0 Å². The molecule has 1 amide bonds. The van der Waals surface area contributed by atoms with E-state index in [1.807, 2.05) is 29.2 Å². The molecular formula is C14H19NO3. The number of amides is 1. The molecule has 0 bridgehead atoms. The number of carbonyl (C=O) groups is 1. The van der Waals surface area contributed by atoms with Crippen molar-refractivity contribution in [3.63, 3.8) is 0 Å². The van der Waals surface area contributed by atoms with Crippen LogP contribution in [0.15, 0.2) is 24.3 Å². The lowest BCUT2D eigenvalue weighted by atomic mass is 10.3. The van der Waals surface area contributed by atoms with Crippen LogP contribution in [0.2, 0.25) is 0 Å². The average Bonchev–Trinajstić information content (AvgIpc) is 2.92. The van der Waals surface area contributed by atoms with Crippen molar-refractivity contribution in [2.75, 3.05) is 20.2 Å². The van der Waals surface area contributed by atoms with E-state index in [1.165, 1.54) is 0 Å². The summed E-state index contributed by atoms with van der Waals surface area (Å²) in [4.78, 5) is 14.0. The third-order valence-electron chi connectivity index (χ3n) is 3.14. The van der Waals surface area contributed by atoms with Gasteiger partial charge in [0, 0.05) is 13.1 Å². The number of hydrogen-bond donors (Lipinski definition) is 0. The van der Waals surface area contributed by atoms with Crippen LogP contribution in [0.4, 0.5) is 0 Å². The maximum absolute atomic E-state index is 12.1. The zero-order valence-corrected chi connectivity index (χ0v) is 10.9. The third-order valence-corrected chi connectivity index (χ3v) is 3.14. The highest BCUT2D eigenvalue weighted by Crippen LogP contribution is 2.27. The Kier molecular flexibility index (Phi) is 4.07. The molecule has 2 rings (SSSR count). The van der Waals surface area contributed by atoms with Gasteiger partial charge in [-0.15, -0.1) is 0 Å². The second-order valence-electron chi connectivity index (χ2n) is 4.44. The minimum atomic E-state index is -0.473. The maximum atomic E-state index is 12.1. The molecule has 0 N–H and O–H groups in total. The predicted molar refractivity (Wildman–Crippen MR) is 68.9 cm³/mol. The number of likely N-dealkylation sites (tertiary alicyclic amines) is 1. The second kappa shape index (κ2) is 5.76. The predicted octanol–water partition coefficient (Wildman–Crippen LogP) is 2.08. The number of carbonyl (C=O) groups excluding carboxylic acids is 1. The molecule has 0 aromatic heterocycles. The van der Waals surface area contributed by atoms with Crippen LogP contribution in [-0.2, 0) is 4.79 Å². The van der Waals surface area contributed by atoms with Crippen molar-refractivity contribution in [3.8, 4) is 11.5 Å². The fourth-order valence-corrected chi connectivity index (χ4v) is 2.15. The van der Waals surface area contributed by atoms with Gasteiger partial charge in [0.15, 0.2) is 17.6 Å². The van der Waals surface area contributed by atoms with Crippen molar-refractivity contribution in [1.82, 2.24) is 4.90 Å². The normalized spacial score (nSPS) is 16.4. The maximum Gasteiger partial charge on any atom is 0.263 e. The van der Waals surface area contributed by atoms with Crippen LogP contribution in [0.5, 0.6) is 11.5 Å². The number of para-hydroxylation sites is 2. The third kappa shape index (κ3) is 2.75. The minimum Gasteiger partial charge on any atom is -0.493 e. The lowest BCUT2D eigenvalue weighted by Crippen LogP contribution is -2.38. The Morgan fingerprint density at radius 1 is 1.22 bits per heavy atom. The summed E-state index contributed by atoms with van der Waals surface area (Å²) in [5.41, 5.74) is 0. The fraction of sp³-hybridized carbons (Fsp3) is 0.500. The van der Waals surface area contributed by atoms with Crippen LogP contribution in [-0.4, -0.2) is 37.1 Å². The van der Waals surface area contributed by atoms with E-state index in [4.69, 9.17) is 9.47 Å². The van der Waals surface area contributed by atoms with Gasteiger partial charge in [-0.3, -0.25) is 4.79 Å². The number of ether oxygens (including phenoxy) is 2. The highest BCUT2D eigenvalue weighted by atomic mass is 16.5. The van der Waals surface area contributed by atoms with Gasteiger partial charge in [0.1, 0.15) is 0 Å². The van der Waals surface area contributed by atoms with Crippen LogP contribution in [0.1, 0.15) is 19.8 Å². The Hall–Kier alpha value is -1.71. The minimum absolute atomic E-state index is 0.0541. The molecule has 1 atom stereocenters. The number of benzene rings is 1. The zero-order chi connectivity index (χ0) is 13.0. The molecule has 1 fully saturated rings. The van der Waals surface area contributed by atoms with Gasteiger partial charge < -0.3 is 14.4 Å². The molecule has 4 nitrogen and oxygen atoms in total. The summed E-state index contributed by atoms with van der Waals surface area (Å²) in [5, 5.41) is 0. The van der Waals surface area contributed by atoms with Crippen LogP contribution in [0.25, 0.3) is 0 Å². The molecule has 0 aliphatic carbocycles. The van der Waals surface area contributed by atoms with Gasteiger partial charge >= 0.3 is 0 Å². The molecule has 1 heterocycles. The molecule has 98 valence electrons.